The number of halogens is 2. The molecule has 6 heteroatoms. The average molecular weight is 408 g/mol. The van der Waals surface area contributed by atoms with Gasteiger partial charge in [0.1, 0.15) is 18.1 Å². The van der Waals surface area contributed by atoms with Crippen LogP contribution in [-0.4, -0.2) is 42.9 Å². The lowest BCUT2D eigenvalue weighted by molar-refractivity contribution is 0.116. The quantitative estimate of drug-likeness (QED) is 0.802. The van der Waals surface area contributed by atoms with Gasteiger partial charge in [0.05, 0.1) is 13.2 Å². The van der Waals surface area contributed by atoms with E-state index in [0.717, 1.165) is 56.1 Å². The summed E-state index contributed by atoms with van der Waals surface area (Å²) in [6.45, 7) is 4.08. The summed E-state index contributed by atoms with van der Waals surface area (Å²) in [5.74, 6) is 1.69. The summed E-state index contributed by atoms with van der Waals surface area (Å²) in [4.78, 5) is 2.32. The van der Waals surface area contributed by atoms with E-state index in [2.05, 4.69) is 11.0 Å². The fourth-order valence-electron chi connectivity index (χ4n) is 4.00. The molecule has 4 nitrogen and oxygen atoms in total. The smallest absolute Gasteiger partial charge is 0.126 e. The molecule has 0 bridgehead atoms. The van der Waals surface area contributed by atoms with Crippen molar-refractivity contribution < 1.29 is 14.6 Å². The molecule has 144 valence electrons. The van der Waals surface area contributed by atoms with Crippen LogP contribution in [0.5, 0.6) is 11.5 Å². The molecule has 2 aliphatic heterocycles. The molecule has 0 aromatic heterocycles. The summed E-state index contributed by atoms with van der Waals surface area (Å²) in [5, 5.41) is 10.4. The highest BCUT2D eigenvalue weighted by atomic mass is 35.5. The standard InChI is InChI=1S/C21H23Cl2NO3/c22-16-2-1-15(19(23)11-16)13-26-17-3-4-18-20(12-17)27-14-21(18)5-7-24(8-6-21)9-10-25/h1-4,11-12,25H,5-10,13-14H2. The van der Waals surface area contributed by atoms with Crippen LogP contribution in [0.4, 0.5) is 0 Å². The molecule has 2 aliphatic rings. The van der Waals surface area contributed by atoms with E-state index in [4.69, 9.17) is 37.8 Å². The Morgan fingerprint density at radius 3 is 2.67 bits per heavy atom. The van der Waals surface area contributed by atoms with Gasteiger partial charge < -0.3 is 19.5 Å². The Morgan fingerprint density at radius 2 is 1.93 bits per heavy atom. The number of fused-ring (bicyclic) bond motifs is 2. The number of likely N-dealkylation sites (tertiary alicyclic amines) is 1. The van der Waals surface area contributed by atoms with E-state index in [1.165, 1.54) is 5.56 Å². The van der Waals surface area contributed by atoms with Crippen LogP contribution in [0.15, 0.2) is 36.4 Å². The van der Waals surface area contributed by atoms with Crippen molar-refractivity contribution in [1.29, 1.82) is 0 Å². The number of ether oxygens (including phenoxy) is 2. The zero-order chi connectivity index (χ0) is 18.9. The lowest BCUT2D eigenvalue weighted by Gasteiger charge is -2.38. The van der Waals surface area contributed by atoms with Gasteiger partial charge in [0.25, 0.3) is 0 Å². The lowest BCUT2D eigenvalue weighted by atomic mass is 9.74. The lowest BCUT2D eigenvalue weighted by Crippen LogP contribution is -2.44. The van der Waals surface area contributed by atoms with E-state index in [9.17, 15) is 0 Å². The van der Waals surface area contributed by atoms with E-state index in [-0.39, 0.29) is 12.0 Å². The summed E-state index contributed by atoms with van der Waals surface area (Å²) in [7, 11) is 0. The van der Waals surface area contributed by atoms with Crippen molar-refractivity contribution >= 4 is 23.2 Å². The minimum Gasteiger partial charge on any atom is -0.492 e. The van der Waals surface area contributed by atoms with Crippen LogP contribution < -0.4 is 9.47 Å². The molecule has 0 unspecified atom stereocenters. The maximum absolute atomic E-state index is 9.13. The monoisotopic (exact) mass is 407 g/mol. The molecule has 27 heavy (non-hydrogen) atoms. The number of hydrogen-bond donors (Lipinski definition) is 1. The number of rotatable bonds is 5. The first-order chi connectivity index (χ1) is 13.1. The van der Waals surface area contributed by atoms with Crippen molar-refractivity contribution in [1.82, 2.24) is 4.90 Å². The molecule has 0 atom stereocenters. The summed E-state index contributed by atoms with van der Waals surface area (Å²) in [5.41, 5.74) is 2.28. The van der Waals surface area contributed by atoms with Crippen LogP contribution in [0.2, 0.25) is 10.0 Å². The molecule has 2 aromatic carbocycles. The molecule has 1 fully saturated rings. The molecule has 4 rings (SSSR count). The SMILES string of the molecule is OCCN1CCC2(CC1)COc1cc(OCc3ccc(Cl)cc3Cl)ccc12. The van der Waals surface area contributed by atoms with Crippen LogP contribution in [0.1, 0.15) is 24.0 Å². The highest BCUT2D eigenvalue weighted by Crippen LogP contribution is 2.46. The molecule has 0 amide bonds. The summed E-state index contributed by atoms with van der Waals surface area (Å²) in [6, 6.07) is 11.5. The Kier molecular flexibility index (Phi) is 5.51. The summed E-state index contributed by atoms with van der Waals surface area (Å²) in [6.07, 6.45) is 2.11. The van der Waals surface area contributed by atoms with Gasteiger partial charge in [0.2, 0.25) is 0 Å². The van der Waals surface area contributed by atoms with Gasteiger partial charge in [-0.15, -0.1) is 0 Å². The Labute approximate surface area is 169 Å². The highest BCUT2D eigenvalue weighted by molar-refractivity contribution is 6.35. The fourth-order valence-corrected chi connectivity index (χ4v) is 4.47. The summed E-state index contributed by atoms with van der Waals surface area (Å²) >= 11 is 12.2. The van der Waals surface area contributed by atoms with Crippen molar-refractivity contribution in [2.45, 2.75) is 24.9 Å². The summed E-state index contributed by atoms with van der Waals surface area (Å²) < 4.78 is 11.9. The number of hydrogen-bond acceptors (Lipinski definition) is 4. The van der Waals surface area contributed by atoms with E-state index in [0.29, 0.717) is 16.7 Å². The molecule has 1 saturated heterocycles. The third-order valence-electron chi connectivity index (χ3n) is 5.67. The molecular weight excluding hydrogens is 385 g/mol. The van der Waals surface area contributed by atoms with Crippen LogP contribution in [0, 0.1) is 0 Å². The van der Waals surface area contributed by atoms with E-state index in [1.54, 1.807) is 6.07 Å². The predicted octanol–water partition coefficient (Wildman–Crippen LogP) is 4.29. The third-order valence-corrected chi connectivity index (χ3v) is 6.25. The molecule has 1 N–H and O–H groups in total. The van der Waals surface area contributed by atoms with E-state index >= 15 is 0 Å². The number of benzene rings is 2. The van der Waals surface area contributed by atoms with Crippen LogP contribution >= 0.6 is 23.2 Å². The second kappa shape index (κ2) is 7.88. The normalized spacial score (nSPS) is 18.3. The molecule has 2 heterocycles. The maximum atomic E-state index is 9.13. The van der Waals surface area contributed by atoms with Gasteiger partial charge in [-0.2, -0.15) is 0 Å². The van der Waals surface area contributed by atoms with Crippen molar-refractivity contribution in [2.75, 3.05) is 32.8 Å². The van der Waals surface area contributed by atoms with Crippen LogP contribution in [0.3, 0.4) is 0 Å². The van der Waals surface area contributed by atoms with E-state index in [1.807, 2.05) is 24.3 Å². The zero-order valence-corrected chi connectivity index (χ0v) is 16.6. The highest BCUT2D eigenvalue weighted by Gasteiger charge is 2.43. The number of nitrogens with zero attached hydrogens (tertiary/aromatic N) is 1. The van der Waals surface area contributed by atoms with Gasteiger partial charge in [0.15, 0.2) is 0 Å². The van der Waals surface area contributed by atoms with Crippen molar-refractivity contribution in [3.05, 3.63) is 57.6 Å². The Morgan fingerprint density at radius 1 is 1.11 bits per heavy atom. The fraction of sp³-hybridized carbons (Fsp3) is 0.429. The maximum Gasteiger partial charge on any atom is 0.126 e. The number of aliphatic hydroxyl groups excluding tert-OH is 1. The van der Waals surface area contributed by atoms with Crippen LogP contribution in [-0.2, 0) is 12.0 Å². The second-order valence-electron chi connectivity index (χ2n) is 7.32. The van der Waals surface area contributed by atoms with Gasteiger partial charge in [-0.1, -0.05) is 35.3 Å². The zero-order valence-electron chi connectivity index (χ0n) is 15.1. The number of β-amino-alcohol motifs (C(OH)–C–C–N with tert-alkyl or cyclic N) is 1. The Balaban J connectivity index is 1.44. The topological polar surface area (TPSA) is 41.9 Å². The Hall–Kier alpha value is -1.46. The van der Waals surface area contributed by atoms with Crippen molar-refractivity contribution in [3.8, 4) is 11.5 Å². The largest absolute Gasteiger partial charge is 0.492 e. The first kappa shape index (κ1) is 18.9. The van der Waals surface area contributed by atoms with Crippen LogP contribution in [0.25, 0.3) is 0 Å². The first-order valence-electron chi connectivity index (χ1n) is 9.27. The molecule has 1 spiro atoms. The Bertz CT molecular complexity index is 819. The average Bonchev–Trinajstić information content (AvgIpc) is 3.01. The van der Waals surface area contributed by atoms with E-state index < -0.39 is 0 Å². The number of piperidine rings is 1. The van der Waals surface area contributed by atoms with Gasteiger partial charge in [-0.05, 0) is 44.1 Å². The van der Waals surface area contributed by atoms with Crippen molar-refractivity contribution in [2.24, 2.45) is 0 Å². The molecule has 0 aliphatic carbocycles. The van der Waals surface area contributed by atoms with Gasteiger partial charge in [-0.3, -0.25) is 0 Å². The van der Waals surface area contributed by atoms with Gasteiger partial charge >= 0.3 is 0 Å². The number of aliphatic hydroxyl groups is 1. The van der Waals surface area contributed by atoms with Gasteiger partial charge in [-0.25, -0.2) is 0 Å². The predicted molar refractivity (Wildman–Crippen MR) is 107 cm³/mol. The van der Waals surface area contributed by atoms with Gasteiger partial charge in [0, 0.05) is 39.2 Å². The molecular formula is C21H23Cl2NO3. The van der Waals surface area contributed by atoms with Crippen molar-refractivity contribution in [3.63, 3.8) is 0 Å². The third kappa shape index (κ3) is 3.90. The molecule has 2 aromatic rings. The minimum absolute atomic E-state index is 0.0965. The second-order valence-corrected chi connectivity index (χ2v) is 8.16. The minimum atomic E-state index is 0.0965. The molecule has 0 radical (unpaired) electrons. The molecule has 0 saturated carbocycles. The first-order valence-corrected chi connectivity index (χ1v) is 10.0.